The van der Waals surface area contributed by atoms with Crippen molar-refractivity contribution in [3.05, 3.63) is 0 Å². The number of hydrogen-bond acceptors (Lipinski definition) is 9. The predicted octanol–water partition coefficient (Wildman–Crippen LogP) is 0.223. The van der Waals surface area contributed by atoms with E-state index in [4.69, 9.17) is 40.0 Å². The maximum atomic E-state index is 11.4. The number of aliphatic hydroxyl groups excluding tert-OH is 3. The summed E-state index contributed by atoms with van der Waals surface area (Å²) in [5, 5.41) is 26.3. The highest BCUT2D eigenvalue weighted by molar-refractivity contribution is 5.72. The van der Waals surface area contributed by atoms with Gasteiger partial charge in [-0.3, -0.25) is 4.79 Å². The van der Waals surface area contributed by atoms with Gasteiger partial charge in [-0.1, -0.05) is 6.92 Å². The average molecular weight is 424 g/mol. The molecule has 0 bridgehead atoms. The van der Waals surface area contributed by atoms with E-state index in [1.165, 1.54) is 0 Å². The van der Waals surface area contributed by atoms with Gasteiger partial charge in [-0.2, -0.15) is 0 Å². The van der Waals surface area contributed by atoms with Gasteiger partial charge >= 0.3 is 5.97 Å². The van der Waals surface area contributed by atoms with E-state index in [9.17, 15) is 4.79 Å². The Morgan fingerprint density at radius 2 is 1.48 bits per heavy atom. The van der Waals surface area contributed by atoms with Gasteiger partial charge in [0.1, 0.15) is 5.60 Å². The number of rotatable bonds is 13. The smallest absolute Gasteiger partial charge is 0.320 e. The second kappa shape index (κ2) is 14.2. The molecule has 1 rings (SSSR count). The highest BCUT2D eigenvalue weighted by Gasteiger charge is 2.59. The molecule has 1 saturated carbocycles. The van der Waals surface area contributed by atoms with Crippen molar-refractivity contribution in [3.63, 3.8) is 0 Å². The number of ether oxygens (including phenoxy) is 4. The fraction of sp³-hybridized carbons (Fsp3) is 0.950. The van der Waals surface area contributed by atoms with E-state index < -0.39 is 23.8 Å². The maximum absolute atomic E-state index is 11.4. The van der Waals surface area contributed by atoms with Crippen LogP contribution in [0.25, 0.3) is 0 Å². The van der Waals surface area contributed by atoms with Gasteiger partial charge in [-0.25, -0.2) is 0 Å². The molecule has 0 aromatic heterocycles. The highest BCUT2D eigenvalue weighted by atomic mass is 16.6. The number of carbonyl (C=O) groups is 1. The highest BCUT2D eigenvalue weighted by Crippen LogP contribution is 2.50. The molecule has 7 atom stereocenters. The maximum Gasteiger partial charge on any atom is 0.320 e. The Kier molecular flexibility index (Phi) is 13.8. The zero-order valence-corrected chi connectivity index (χ0v) is 18.7. The third-order valence-electron chi connectivity index (χ3n) is 4.54. The third kappa shape index (κ3) is 11.8. The van der Waals surface area contributed by atoms with Crippen LogP contribution in [0.2, 0.25) is 0 Å². The molecule has 9 nitrogen and oxygen atoms in total. The Bertz CT molecular complexity index is 448. The lowest BCUT2D eigenvalue weighted by molar-refractivity contribution is -0.163. The first kappa shape index (κ1) is 28.2. The molecule has 0 heterocycles. The van der Waals surface area contributed by atoms with E-state index in [1.807, 2.05) is 20.8 Å². The van der Waals surface area contributed by atoms with Crippen molar-refractivity contribution in [2.24, 2.45) is 11.7 Å². The molecule has 1 aliphatic rings. The van der Waals surface area contributed by atoms with Crippen molar-refractivity contribution in [1.29, 1.82) is 0 Å². The van der Waals surface area contributed by atoms with Gasteiger partial charge in [-0.15, -0.1) is 0 Å². The summed E-state index contributed by atoms with van der Waals surface area (Å²) < 4.78 is 21.6. The van der Waals surface area contributed by atoms with Crippen molar-refractivity contribution < 1.29 is 39.1 Å². The molecule has 0 amide bonds. The first-order valence-electron chi connectivity index (χ1n) is 10.2. The molecule has 0 spiro atoms. The first-order valence-corrected chi connectivity index (χ1v) is 10.2. The second-order valence-electron chi connectivity index (χ2n) is 7.88. The molecule has 1 aliphatic carbocycles. The van der Waals surface area contributed by atoms with E-state index in [-0.39, 0.29) is 44.0 Å². The Morgan fingerprint density at radius 3 is 1.86 bits per heavy atom. The van der Waals surface area contributed by atoms with Crippen LogP contribution in [-0.2, 0) is 23.7 Å². The van der Waals surface area contributed by atoms with Gasteiger partial charge in [-0.05, 0) is 41.0 Å². The summed E-state index contributed by atoms with van der Waals surface area (Å²) in [5.41, 5.74) is 4.74. The Balaban J connectivity index is 0.000000734. The molecule has 0 aromatic rings. The predicted molar refractivity (Wildman–Crippen MR) is 108 cm³/mol. The molecular weight excluding hydrogens is 382 g/mol. The molecule has 9 heteroatoms. The van der Waals surface area contributed by atoms with Crippen LogP contribution < -0.4 is 5.73 Å². The number of aliphatic hydroxyl groups is 3. The zero-order valence-electron chi connectivity index (χ0n) is 18.7. The molecule has 1 fully saturated rings. The number of nitrogens with two attached hydrogens (primary N) is 1. The van der Waals surface area contributed by atoms with Crippen LogP contribution in [-0.4, -0.2) is 90.4 Å². The standard InChI is InChI=1S/C14H27NO5.C6H14O3/c1-9-5-14(9,20-13(17)6-15)12(4)19-8-11(3)18-7-10(2)16;1-5(8)4-9-6(2)3-7/h9-12,16H,5-8,15H2,1-4H3;5-8H,3-4H2,1-2H3. The Labute approximate surface area is 174 Å². The third-order valence-corrected chi connectivity index (χ3v) is 4.54. The molecular formula is C20H41NO8. The van der Waals surface area contributed by atoms with Gasteiger partial charge in [0, 0.05) is 5.92 Å². The van der Waals surface area contributed by atoms with Crippen molar-refractivity contribution in [2.45, 2.75) is 84.1 Å². The minimum absolute atomic E-state index is 0.00667. The van der Waals surface area contributed by atoms with Gasteiger partial charge in [0.15, 0.2) is 0 Å². The molecule has 174 valence electrons. The molecule has 29 heavy (non-hydrogen) atoms. The minimum Gasteiger partial charge on any atom is -0.455 e. The summed E-state index contributed by atoms with van der Waals surface area (Å²) in [6.45, 7) is 11.7. The van der Waals surface area contributed by atoms with Crippen molar-refractivity contribution >= 4 is 5.97 Å². The SMILES string of the molecule is CC(O)COC(C)CO.CC(O)COC(C)COC(C)C1(OC(=O)CN)CC1C. The van der Waals surface area contributed by atoms with Crippen molar-refractivity contribution in [2.75, 3.05) is 33.0 Å². The Morgan fingerprint density at radius 1 is 1.00 bits per heavy atom. The summed E-state index contributed by atoms with van der Waals surface area (Å²) in [6.07, 6.45) is -0.634. The van der Waals surface area contributed by atoms with Crippen LogP contribution in [0.1, 0.15) is 48.0 Å². The summed E-state index contributed by atoms with van der Waals surface area (Å²) >= 11 is 0. The van der Waals surface area contributed by atoms with Crippen LogP contribution in [0.4, 0.5) is 0 Å². The normalized spacial score (nSPS) is 25.8. The average Bonchev–Trinajstić information content (AvgIpc) is 3.32. The topological polar surface area (TPSA) is 141 Å². The fourth-order valence-corrected chi connectivity index (χ4v) is 2.59. The fourth-order valence-electron chi connectivity index (χ4n) is 2.59. The second-order valence-corrected chi connectivity index (χ2v) is 7.88. The van der Waals surface area contributed by atoms with E-state index in [0.717, 1.165) is 6.42 Å². The summed E-state index contributed by atoms with van der Waals surface area (Å²) in [4.78, 5) is 11.4. The molecule has 0 aromatic carbocycles. The van der Waals surface area contributed by atoms with Crippen LogP contribution in [0, 0.1) is 5.92 Å². The summed E-state index contributed by atoms with van der Waals surface area (Å²) in [5.74, 6) is -0.120. The van der Waals surface area contributed by atoms with E-state index in [0.29, 0.717) is 13.2 Å². The molecule has 0 saturated heterocycles. The number of hydrogen-bond donors (Lipinski definition) is 4. The van der Waals surface area contributed by atoms with Crippen molar-refractivity contribution in [3.8, 4) is 0 Å². The zero-order chi connectivity index (χ0) is 22.6. The van der Waals surface area contributed by atoms with E-state index in [1.54, 1.807) is 20.8 Å². The van der Waals surface area contributed by atoms with Crippen LogP contribution in [0.5, 0.6) is 0 Å². The van der Waals surface area contributed by atoms with E-state index in [2.05, 4.69) is 0 Å². The number of esters is 1. The molecule has 0 radical (unpaired) electrons. The monoisotopic (exact) mass is 423 g/mol. The molecule has 7 unspecified atom stereocenters. The van der Waals surface area contributed by atoms with Crippen LogP contribution >= 0.6 is 0 Å². The van der Waals surface area contributed by atoms with Gasteiger partial charge in [0.25, 0.3) is 0 Å². The van der Waals surface area contributed by atoms with Crippen LogP contribution in [0.15, 0.2) is 0 Å². The first-order chi connectivity index (χ1) is 13.5. The Hall–Kier alpha value is -0.810. The molecule has 5 N–H and O–H groups in total. The number of carbonyl (C=O) groups excluding carboxylic acids is 1. The largest absolute Gasteiger partial charge is 0.455 e. The van der Waals surface area contributed by atoms with Crippen molar-refractivity contribution in [1.82, 2.24) is 0 Å². The lowest BCUT2D eigenvalue weighted by Crippen LogP contribution is -2.38. The van der Waals surface area contributed by atoms with E-state index >= 15 is 0 Å². The molecule has 0 aliphatic heterocycles. The quantitative estimate of drug-likeness (QED) is 0.306. The summed E-state index contributed by atoms with van der Waals surface area (Å²) in [6, 6.07) is 0. The van der Waals surface area contributed by atoms with Gasteiger partial charge in [0.05, 0.1) is 63.5 Å². The summed E-state index contributed by atoms with van der Waals surface area (Å²) in [7, 11) is 0. The van der Waals surface area contributed by atoms with Crippen LogP contribution in [0.3, 0.4) is 0 Å². The lowest BCUT2D eigenvalue weighted by atomic mass is 10.1. The van der Waals surface area contributed by atoms with Gasteiger partial charge in [0.2, 0.25) is 0 Å². The lowest BCUT2D eigenvalue weighted by Gasteiger charge is -2.26. The van der Waals surface area contributed by atoms with Gasteiger partial charge < -0.3 is 40.0 Å². The minimum atomic E-state index is -0.541.